The second kappa shape index (κ2) is 4.25. The van der Waals surface area contributed by atoms with Crippen molar-refractivity contribution in [1.29, 1.82) is 0 Å². The fourth-order valence-corrected chi connectivity index (χ4v) is 2.37. The Morgan fingerprint density at radius 2 is 2.19 bits per heavy atom. The highest BCUT2D eigenvalue weighted by Gasteiger charge is 2.38. The van der Waals surface area contributed by atoms with Crippen molar-refractivity contribution in [2.75, 3.05) is 6.54 Å². The predicted octanol–water partition coefficient (Wildman–Crippen LogP) is 1.81. The molecule has 0 spiro atoms. The van der Waals surface area contributed by atoms with Crippen LogP contribution in [0.4, 0.5) is 0 Å². The van der Waals surface area contributed by atoms with Gasteiger partial charge in [0.1, 0.15) is 6.54 Å². The van der Waals surface area contributed by atoms with Crippen molar-refractivity contribution in [3.05, 3.63) is 34.3 Å². The summed E-state index contributed by atoms with van der Waals surface area (Å²) in [4.78, 5) is 23.3. The van der Waals surface area contributed by atoms with E-state index in [9.17, 15) is 9.59 Å². The number of rotatable bonds is 3. The Morgan fingerprint density at radius 3 is 2.75 bits per heavy atom. The van der Waals surface area contributed by atoms with Crippen LogP contribution in [0.2, 0.25) is 0 Å². The molecular formula is C11H10BrNO3. The van der Waals surface area contributed by atoms with Crippen LogP contribution in [0.5, 0.6) is 0 Å². The summed E-state index contributed by atoms with van der Waals surface area (Å²) in [6.07, 6.45) is 0.385. The van der Waals surface area contributed by atoms with Crippen LogP contribution < -0.4 is 0 Å². The number of hydrogen-bond donors (Lipinski definition) is 1. The first-order valence-corrected chi connectivity index (χ1v) is 5.64. The summed E-state index contributed by atoms with van der Waals surface area (Å²) in [5, 5.41) is 8.70. The number of likely N-dealkylation sites (tertiary alicyclic amines) is 1. The molecule has 1 aliphatic heterocycles. The van der Waals surface area contributed by atoms with E-state index in [1.807, 2.05) is 24.3 Å². The number of hydrogen-bond acceptors (Lipinski definition) is 2. The van der Waals surface area contributed by atoms with Gasteiger partial charge in [0.15, 0.2) is 0 Å². The summed E-state index contributed by atoms with van der Waals surface area (Å²) in [6, 6.07) is 7.43. The molecule has 0 aromatic heterocycles. The number of benzene rings is 1. The third kappa shape index (κ3) is 1.95. The van der Waals surface area contributed by atoms with Crippen molar-refractivity contribution in [1.82, 2.24) is 4.90 Å². The molecule has 1 N–H and O–H groups in total. The largest absolute Gasteiger partial charge is 0.480 e. The molecule has 0 saturated carbocycles. The zero-order valence-corrected chi connectivity index (χ0v) is 9.98. The Morgan fingerprint density at radius 1 is 1.50 bits per heavy atom. The van der Waals surface area contributed by atoms with Crippen molar-refractivity contribution in [2.24, 2.45) is 0 Å². The van der Waals surface area contributed by atoms with E-state index >= 15 is 0 Å². The summed E-state index contributed by atoms with van der Waals surface area (Å²) in [6.45, 7) is -0.231. The number of carbonyl (C=O) groups excluding carboxylic acids is 1. The Bertz CT molecular complexity index is 447. The average Bonchev–Trinajstić information content (AvgIpc) is 2.24. The van der Waals surface area contributed by atoms with Gasteiger partial charge in [-0.1, -0.05) is 34.1 Å². The molecule has 1 atom stereocenters. The minimum Gasteiger partial charge on any atom is -0.480 e. The molecule has 4 nitrogen and oxygen atoms in total. The maximum Gasteiger partial charge on any atom is 0.323 e. The van der Waals surface area contributed by atoms with Gasteiger partial charge in [0.25, 0.3) is 0 Å². The Balaban J connectivity index is 2.20. The van der Waals surface area contributed by atoms with Gasteiger partial charge in [-0.3, -0.25) is 9.59 Å². The van der Waals surface area contributed by atoms with Crippen molar-refractivity contribution >= 4 is 27.8 Å². The molecule has 1 aromatic rings. The number of β-lactam (4-membered cyclic amide) rings is 1. The number of aliphatic carboxylic acids is 1. The number of carboxylic acids is 1. The lowest BCUT2D eigenvalue weighted by Gasteiger charge is -2.40. The van der Waals surface area contributed by atoms with Crippen LogP contribution in [0.1, 0.15) is 18.0 Å². The fourth-order valence-electron chi connectivity index (χ4n) is 1.82. The number of carbonyl (C=O) groups is 2. The van der Waals surface area contributed by atoms with E-state index in [2.05, 4.69) is 15.9 Å². The molecule has 1 heterocycles. The Kier molecular flexibility index (Phi) is 2.96. The zero-order chi connectivity index (χ0) is 11.7. The third-order valence-electron chi connectivity index (χ3n) is 2.63. The van der Waals surface area contributed by atoms with E-state index in [-0.39, 0.29) is 18.5 Å². The number of amides is 1. The molecule has 84 valence electrons. The van der Waals surface area contributed by atoms with Crippen LogP contribution in [0, 0.1) is 0 Å². The third-order valence-corrected chi connectivity index (χ3v) is 3.36. The van der Waals surface area contributed by atoms with Gasteiger partial charge in [0.05, 0.1) is 12.5 Å². The maximum atomic E-state index is 11.3. The Labute approximate surface area is 101 Å². The molecule has 16 heavy (non-hydrogen) atoms. The maximum absolute atomic E-state index is 11.3. The van der Waals surface area contributed by atoms with E-state index in [1.54, 1.807) is 0 Å². The van der Waals surface area contributed by atoms with Gasteiger partial charge < -0.3 is 10.0 Å². The average molecular weight is 284 g/mol. The number of halogens is 1. The molecule has 1 unspecified atom stereocenters. The van der Waals surface area contributed by atoms with Crippen molar-refractivity contribution in [3.63, 3.8) is 0 Å². The summed E-state index contributed by atoms with van der Waals surface area (Å²) in [5.74, 6) is -1.09. The molecule has 1 saturated heterocycles. The highest BCUT2D eigenvalue weighted by molar-refractivity contribution is 9.10. The van der Waals surface area contributed by atoms with Gasteiger partial charge in [-0.15, -0.1) is 0 Å². The first-order valence-electron chi connectivity index (χ1n) is 4.85. The van der Waals surface area contributed by atoms with E-state index < -0.39 is 5.97 Å². The van der Waals surface area contributed by atoms with E-state index in [1.165, 1.54) is 4.90 Å². The lowest BCUT2D eigenvalue weighted by Crippen LogP contribution is -2.48. The summed E-state index contributed by atoms with van der Waals surface area (Å²) >= 11 is 3.40. The molecule has 0 radical (unpaired) electrons. The SMILES string of the molecule is O=C(O)CN1C(=O)CC1c1ccccc1Br. The van der Waals surface area contributed by atoms with E-state index in [4.69, 9.17) is 5.11 Å². The quantitative estimate of drug-likeness (QED) is 0.861. The predicted molar refractivity (Wildman–Crippen MR) is 60.8 cm³/mol. The van der Waals surface area contributed by atoms with Crippen LogP contribution in [-0.4, -0.2) is 28.4 Å². The van der Waals surface area contributed by atoms with Crippen LogP contribution >= 0.6 is 15.9 Å². The topological polar surface area (TPSA) is 57.6 Å². The lowest BCUT2D eigenvalue weighted by molar-refractivity contribution is -0.155. The highest BCUT2D eigenvalue weighted by atomic mass is 79.9. The zero-order valence-electron chi connectivity index (χ0n) is 8.39. The molecule has 1 aliphatic rings. The van der Waals surface area contributed by atoms with Crippen LogP contribution in [-0.2, 0) is 9.59 Å². The van der Waals surface area contributed by atoms with Crippen molar-refractivity contribution in [2.45, 2.75) is 12.5 Å². The first kappa shape index (κ1) is 11.1. The summed E-state index contributed by atoms with van der Waals surface area (Å²) in [5.41, 5.74) is 0.961. The van der Waals surface area contributed by atoms with Crippen molar-refractivity contribution < 1.29 is 14.7 Å². The van der Waals surface area contributed by atoms with Gasteiger partial charge >= 0.3 is 5.97 Å². The first-order chi connectivity index (χ1) is 7.59. The standard InChI is InChI=1S/C11H10BrNO3/c12-8-4-2-1-3-7(8)9-5-10(14)13(9)6-11(15)16/h1-4,9H,5-6H2,(H,15,16). The molecule has 1 amide bonds. The number of carboxylic acid groups (broad SMARTS) is 1. The van der Waals surface area contributed by atoms with E-state index in [0.29, 0.717) is 6.42 Å². The van der Waals surface area contributed by atoms with Crippen molar-refractivity contribution in [3.8, 4) is 0 Å². The smallest absolute Gasteiger partial charge is 0.323 e. The highest BCUT2D eigenvalue weighted by Crippen LogP contribution is 2.37. The van der Waals surface area contributed by atoms with Gasteiger partial charge in [0, 0.05) is 4.47 Å². The second-order valence-electron chi connectivity index (χ2n) is 3.66. The van der Waals surface area contributed by atoms with Gasteiger partial charge in [-0.25, -0.2) is 0 Å². The molecule has 0 aliphatic carbocycles. The minimum absolute atomic E-state index is 0.108. The lowest BCUT2D eigenvalue weighted by atomic mass is 9.94. The summed E-state index contributed by atoms with van der Waals surface area (Å²) < 4.78 is 0.905. The molecule has 0 bridgehead atoms. The van der Waals surface area contributed by atoms with Crippen LogP contribution in [0.15, 0.2) is 28.7 Å². The van der Waals surface area contributed by atoms with Gasteiger partial charge in [-0.05, 0) is 11.6 Å². The number of nitrogens with zero attached hydrogens (tertiary/aromatic N) is 1. The summed E-state index contributed by atoms with van der Waals surface area (Å²) in [7, 11) is 0. The molecule has 1 aromatic carbocycles. The normalized spacial score (nSPS) is 19.4. The molecule has 1 fully saturated rings. The second-order valence-corrected chi connectivity index (χ2v) is 4.51. The van der Waals surface area contributed by atoms with Crippen LogP contribution in [0.3, 0.4) is 0 Å². The molecular weight excluding hydrogens is 274 g/mol. The van der Waals surface area contributed by atoms with Crippen LogP contribution in [0.25, 0.3) is 0 Å². The molecule has 5 heteroatoms. The van der Waals surface area contributed by atoms with Gasteiger partial charge in [-0.2, -0.15) is 0 Å². The Hall–Kier alpha value is -1.36. The van der Waals surface area contributed by atoms with E-state index in [0.717, 1.165) is 10.0 Å². The van der Waals surface area contributed by atoms with Gasteiger partial charge in [0.2, 0.25) is 5.91 Å². The molecule has 2 rings (SSSR count). The monoisotopic (exact) mass is 283 g/mol. The fraction of sp³-hybridized carbons (Fsp3) is 0.273. The minimum atomic E-state index is -0.981.